The maximum Gasteiger partial charge on any atom is 0.236 e. The highest BCUT2D eigenvalue weighted by Gasteiger charge is 2.10. The van der Waals surface area contributed by atoms with E-state index in [9.17, 15) is 4.79 Å². The average molecular weight is 187 g/mol. The van der Waals surface area contributed by atoms with Gasteiger partial charge in [0.1, 0.15) is 0 Å². The second-order valence-electron chi connectivity index (χ2n) is 3.18. The van der Waals surface area contributed by atoms with Crippen molar-refractivity contribution in [2.24, 2.45) is 11.5 Å². The van der Waals surface area contributed by atoms with Crippen LogP contribution in [0.1, 0.15) is 32.6 Å². The minimum Gasteiger partial charge on any atom is -0.355 e. The first-order valence-electron chi connectivity index (χ1n) is 4.95. The normalized spacial score (nSPS) is 12.5. The number of nitrogens with two attached hydrogens (primary N) is 2. The maximum absolute atomic E-state index is 11.2. The minimum atomic E-state index is -0.363. The molecule has 0 aromatic carbocycles. The van der Waals surface area contributed by atoms with E-state index in [1.807, 2.05) is 6.92 Å². The number of rotatable bonds is 7. The Morgan fingerprint density at radius 1 is 1.46 bits per heavy atom. The smallest absolute Gasteiger partial charge is 0.236 e. The summed E-state index contributed by atoms with van der Waals surface area (Å²) in [6, 6.07) is -0.363. The molecule has 0 radical (unpaired) electrons. The molecule has 0 bridgehead atoms. The Morgan fingerprint density at radius 2 is 2.15 bits per heavy atom. The second kappa shape index (κ2) is 8.01. The van der Waals surface area contributed by atoms with Crippen molar-refractivity contribution in [3.63, 3.8) is 0 Å². The molecule has 5 N–H and O–H groups in total. The van der Waals surface area contributed by atoms with Crippen molar-refractivity contribution in [3.8, 4) is 0 Å². The van der Waals surface area contributed by atoms with Gasteiger partial charge >= 0.3 is 0 Å². The Hall–Kier alpha value is -0.610. The highest BCUT2D eigenvalue weighted by molar-refractivity contribution is 5.81. The van der Waals surface area contributed by atoms with Crippen LogP contribution in [0, 0.1) is 0 Å². The van der Waals surface area contributed by atoms with E-state index in [2.05, 4.69) is 5.32 Å². The van der Waals surface area contributed by atoms with Gasteiger partial charge in [-0.25, -0.2) is 0 Å². The molecular weight excluding hydrogens is 166 g/mol. The summed E-state index contributed by atoms with van der Waals surface area (Å²) in [5, 5.41) is 2.76. The van der Waals surface area contributed by atoms with E-state index in [1.54, 1.807) is 0 Å². The van der Waals surface area contributed by atoms with Crippen LogP contribution in [0.3, 0.4) is 0 Å². The second-order valence-corrected chi connectivity index (χ2v) is 3.18. The fourth-order valence-electron chi connectivity index (χ4n) is 1.02. The Bertz CT molecular complexity index is 139. The number of carbonyl (C=O) groups is 1. The molecule has 1 atom stereocenters. The monoisotopic (exact) mass is 187 g/mol. The summed E-state index contributed by atoms with van der Waals surface area (Å²) in [6.07, 6.45) is 3.54. The van der Waals surface area contributed by atoms with Gasteiger partial charge in [0, 0.05) is 6.54 Å². The Morgan fingerprint density at radius 3 is 2.69 bits per heavy atom. The lowest BCUT2D eigenvalue weighted by Gasteiger charge is -2.10. The van der Waals surface area contributed by atoms with E-state index in [0.717, 1.165) is 25.7 Å². The van der Waals surface area contributed by atoms with Crippen LogP contribution in [0.5, 0.6) is 0 Å². The molecule has 0 aromatic rings. The predicted octanol–water partition coefficient (Wildman–Crippen LogP) is -0.0311. The van der Waals surface area contributed by atoms with Gasteiger partial charge in [-0.05, 0) is 25.8 Å². The summed E-state index contributed by atoms with van der Waals surface area (Å²) in [7, 11) is 0. The third-order valence-electron chi connectivity index (χ3n) is 1.86. The highest BCUT2D eigenvalue weighted by Crippen LogP contribution is 1.97. The van der Waals surface area contributed by atoms with E-state index in [1.165, 1.54) is 0 Å². The highest BCUT2D eigenvalue weighted by atomic mass is 16.2. The van der Waals surface area contributed by atoms with Gasteiger partial charge in [-0.2, -0.15) is 0 Å². The van der Waals surface area contributed by atoms with Crippen LogP contribution in [-0.4, -0.2) is 25.0 Å². The fourth-order valence-corrected chi connectivity index (χ4v) is 1.02. The first-order chi connectivity index (χ1) is 6.22. The molecule has 0 aliphatic carbocycles. The number of hydrogen-bond donors (Lipinski definition) is 3. The van der Waals surface area contributed by atoms with Gasteiger partial charge in [0.25, 0.3) is 0 Å². The van der Waals surface area contributed by atoms with Gasteiger partial charge in [0.15, 0.2) is 0 Å². The number of hydrogen-bond acceptors (Lipinski definition) is 3. The molecule has 0 saturated carbocycles. The van der Waals surface area contributed by atoms with Crippen LogP contribution in [0.25, 0.3) is 0 Å². The van der Waals surface area contributed by atoms with Crippen molar-refractivity contribution in [1.29, 1.82) is 0 Å². The SMILES string of the molecule is CCCNC(=O)[C@@H](N)CCCCN. The first-order valence-corrected chi connectivity index (χ1v) is 4.95. The molecule has 0 heterocycles. The largest absolute Gasteiger partial charge is 0.355 e. The molecule has 0 saturated heterocycles. The van der Waals surface area contributed by atoms with Crippen LogP contribution in [0.4, 0.5) is 0 Å². The van der Waals surface area contributed by atoms with E-state index >= 15 is 0 Å². The topological polar surface area (TPSA) is 81.1 Å². The Kier molecular flexibility index (Phi) is 7.63. The quantitative estimate of drug-likeness (QED) is 0.489. The van der Waals surface area contributed by atoms with Gasteiger partial charge in [-0.1, -0.05) is 13.3 Å². The van der Waals surface area contributed by atoms with Gasteiger partial charge < -0.3 is 16.8 Å². The molecule has 0 fully saturated rings. The van der Waals surface area contributed by atoms with Crippen LogP contribution in [-0.2, 0) is 4.79 Å². The van der Waals surface area contributed by atoms with Gasteiger partial charge in [0.05, 0.1) is 6.04 Å². The zero-order chi connectivity index (χ0) is 10.1. The summed E-state index contributed by atoms with van der Waals surface area (Å²) in [6.45, 7) is 3.40. The third-order valence-corrected chi connectivity index (χ3v) is 1.86. The Balaban J connectivity index is 3.45. The van der Waals surface area contributed by atoms with E-state index in [4.69, 9.17) is 11.5 Å². The molecule has 78 valence electrons. The van der Waals surface area contributed by atoms with Crippen molar-refractivity contribution < 1.29 is 4.79 Å². The molecule has 0 rings (SSSR count). The van der Waals surface area contributed by atoms with E-state index in [-0.39, 0.29) is 11.9 Å². The number of nitrogens with one attached hydrogen (secondary N) is 1. The Labute approximate surface area is 80.0 Å². The molecule has 0 spiro atoms. The lowest BCUT2D eigenvalue weighted by Crippen LogP contribution is -2.40. The lowest BCUT2D eigenvalue weighted by molar-refractivity contribution is -0.122. The zero-order valence-electron chi connectivity index (χ0n) is 8.38. The van der Waals surface area contributed by atoms with Crippen molar-refractivity contribution in [1.82, 2.24) is 5.32 Å². The van der Waals surface area contributed by atoms with Gasteiger partial charge in [-0.15, -0.1) is 0 Å². The summed E-state index contributed by atoms with van der Waals surface area (Å²) >= 11 is 0. The maximum atomic E-state index is 11.2. The van der Waals surface area contributed by atoms with E-state index in [0.29, 0.717) is 13.1 Å². The van der Waals surface area contributed by atoms with Crippen molar-refractivity contribution in [2.45, 2.75) is 38.6 Å². The fraction of sp³-hybridized carbons (Fsp3) is 0.889. The molecule has 0 aliphatic rings. The van der Waals surface area contributed by atoms with Gasteiger partial charge in [-0.3, -0.25) is 4.79 Å². The van der Waals surface area contributed by atoms with Crippen molar-refractivity contribution in [3.05, 3.63) is 0 Å². The van der Waals surface area contributed by atoms with Crippen LogP contribution >= 0.6 is 0 Å². The molecule has 0 unspecified atom stereocenters. The summed E-state index contributed by atoms with van der Waals surface area (Å²) in [5.74, 6) is -0.0427. The standard InChI is InChI=1S/C9H21N3O/c1-2-7-12-9(13)8(11)5-3-4-6-10/h8H,2-7,10-11H2,1H3,(H,12,13)/t8-/m0/s1. The van der Waals surface area contributed by atoms with Crippen molar-refractivity contribution >= 4 is 5.91 Å². The first kappa shape index (κ1) is 12.4. The third kappa shape index (κ3) is 6.54. The molecule has 4 heteroatoms. The molecule has 13 heavy (non-hydrogen) atoms. The molecule has 4 nitrogen and oxygen atoms in total. The van der Waals surface area contributed by atoms with Crippen LogP contribution in [0.15, 0.2) is 0 Å². The average Bonchev–Trinajstić information content (AvgIpc) is 2.14. The van der Waals surface area contributed by atoms with Crippen LogP contribution < -0.4 is 16.8 Å². The van der Waals surface area contributed by atoms with Gasteiger partial charge in [0.2, 0.25) is 5.91 Å². The summed E-state index contributed by atoms with van der Waals surface area (Å²) in [4.78, 5) is 11.2. The zero-order valence-corrected chi connectivity index (χ0v) is 8.38. The molecule has 0 aliphatic heterocycles. The molecule has 0 aromatic heterocycles. The number of carbonyl (C=O) groups excluding carboxylic acids is 1. The minimum absolute atomic E-state index is 0.0427. The predicted molar refractivity (Wildman–Crippen MR) is 54.2 cm³/mol. The number of amides is 1. The molecule has 1 amide bonds. The number of unbranched alkanes of at least 4 members (excludes halogenated alkanes) is 1. The summed E-state index contributed by atoms with van der Waals surface area (Å²) in [5.41, 5.74) is 11.0. The van der Waals surface area contributed by atoms with Crippen LogP contribution in [0.2, 0.25) is 0 Å². The summed E-state index contributed by atoms with van der Waals surface area (Å²) < 4.78 is 0. The van der Waals surface area contributed by atoms with Crippen molar-refractivity contribution in [2.75, 3.05) is 13.1 Å². The molecular formula is C9H21N3O. The van der Waals surface area contributed by atoms with E-state index < -0.39 is 0 Å². The lowest BCUT2D eigenvalue weighted by atomic mass is 10.1.